The highest BCUT2D eigenvalue weighted by molar-refractivity contribution is 7.90. The van der Waals surface area contributed by atoms with Crippen molar-refractivity contribution in [2.45, 2.75) is 37.2 Å². The van der Waals surface area contributed by atoms with Crippen molar-refractivity contribution in [2.75, 3.05) is 23.7 Å². The lowest BCUT2D eigenvalue weighted by Gasteiger charge is -2.32. The molecule has 1 amide bonds. The summed E-state index contributed by atoms with van der Waals surface area (Å²) in [4.78, 5) is 23.1. The van der Waals surface area contributed by atoms with Crippen LogP contribution in [0.4, 0.5) is 11.6 Å². The molecule has 9 nitrogen and oxygen atoms in total. The first kappa shape index (κ1) is 28.9. The number of nitrogens with one attached hydrogen (secondary N) is 2. The number of benzene rings is 3. The number of rotatable bonds is 8. The molecular weight excluding hydrogens is 584 g/mol. The first-order valence-corrected chi connectivity index (χ1v) is 15.9. The predicted octanol–water partition coefficient (Wildman–Crippen LogP) is 6.02. The third-order valence-corrected chi connectivity index (χ3v) is 9.54. The van der Waals surface area contributed by atoms with Crippen LogP contribution in [-0.4, -0.2) is 52.3 Å². The Balaban J connectivity index is 1.18. The number of piperidine rings is 1. The van der Waals surface area contributed by atoms with E-state index >= 15 is 0 Å². The first-order chi connectivity index (χ1) is 20.8. The predicted molar refractivity (Wildman–Crippen MR) is 170 cm³/mol. The molecule has 1 aliphatic rings. The van der Waals surface area contributed by atoms with Crippen LogP contribution in [0.3, 0.4) is 0 Å². The highest BCUT2D eigenvalue weighted by Crippen LogP contribution is 2.36. The van der Waals surface area contributed by atoms with Gasteiger partial charge in [0.2, 0.25) is 11.9 Å². The van der Waals surface area contributed by atoms with Crippen molar-refractivity contribution in [3.8, 4) is 11.3 Å². The molecule has 1 saturated heterocycles. The van der Waals surface area contributed by atoms with Crippen LogP contribution in [0.2, 0.25) is 5.02 Å². The Morgan fingerprint density at radius 3 is 2.40 bits per heavy atom. The molecule has 0 unspecified atom stereocenters. The molecule has 2 aromatic heterocycles. The van der Waals surface area contributed by atoms with Gasteiger partial charge >= 0.3 is 0 Å². The Bertz CT molecular complexity index is 1870. The standard InChI is InChI=1S/C32H31ClN6O3S/c1-22(40)35-24-13-11-23(12-14-24)20-38-17-15-25(16-18-38)36-32-34-19-29(33)31(37-32)28-21-39(30-10-6-5-9-27(28)30)43(41,42)26-7-3-2-4-8-26/h2-14,19,21,25H,15-18,20H2,1H3,(H,35,40)(H,34,36,37). The van der Waals surface area contributed by atoms with E-state index in [-0.39, 0.29) is 16.8 Å². The second kappa shape index (κ2) is 12.2. The van der Waals surface area contributed by atoms with E-state index < -0.39 is 10.0 Å². The molecule has 0 bridgehead atoms. The molecule has 0 spiro atoms. The summed E-state index contributed by atoms with van der Waals surface area (Å²) in [5.41, 5.74) is 3.62. The van der Waals surface area contributed by atoms with Gasteiger partial charge in [0.1, 0.15) is 0 Å². The van der Waals surface area contributed by atoms with Crippen LogP contribution < -0.4 is 10.6 Å². The Hall–Kier alpha value is -4.25. The largest absolute Gasteiger partial charge is 0.351 e. The van der Waals surface area contributed by atoms with Gasteiger partial charge in [0, 0.05) is 55.4 Å². The molecule has 3 heterocycles. The van der Waals surface area contributed by atoms with Crippen LogP contribution in [0.5, 0.6) is 0 Å². The molecule has 2 N–H and O–H groups in total. The number of para-hydroxylation sites is 1. The lowest BCUT2D eigenvalue weighted by atomic mass is 10.0. The molecule has 0 atom stereocenters. The van der Waals surface area contributed by atoms with E-state index in [9.17, 15) is 13.2 Å². The van der Waals surface area contributed by atoms with Crippen LogP contribution in [-0.2, 0) is 21.4 Å². The number of aromatic nitrogens is 3. The second-order valence-electron chi connectivity index (χ2n) is 10.6. The van der Waals surface area contributed by atoms with Gasteiger partial charge in [0.05, 0.1) is 27.3 Å². The number of fused-ring (bicyclic) bond motifs is 1. The Labute approximate surface area is 255 Å². The molecule has 0 radical (unpaired) electrons. The maximum absolute atomic E-state index is 13.6. The SMILES string of the molecule is CC(=O)Nc1ccc(CN2CCC(Nc3ncc(Cl)c(-c4cn(S(=O)(=O)c5ccccc5)c5ccccc45)n3)CC2)cc1. The van der Waals surface area contributed by atoms with Crippen molar-refractivity contribution in [3.05, 3.63) is 102 Å². The van der Waals surface area contributed by atoms with Gasteiger partial charge < -0.3 is 10.6 Å². The van der Waals surface area contributed by atoms with E-state index in [0.29, 0.717) is 27.7 Å². The number of nitrogens with zero attached hydrogens (tertiary/aromatic N) is 4. The smallest absolute Gasteiger partial charge is 0.268 e. The van der Waals surface area contributed by atoms with Gasteiger partial charge in [-0.2, -0.15) is 0 Å². The van der Waals surface area contributed by atoms with Crippen LogP contribution in [0.15, 0.2) is 96.2 Å². The highest BCUT2D eigenvalue weighted by Gasteiger charge is 2.24. The van der Waals surface area contributed by atoms with Crippen LogP contribution in [0, 0.1) is 0 Å². The number of anilines is 2. The molecule has 11 heteroatoms. The molecule has 0 saturated carbocycles. The van der Waals surface area contributed by atoms with Crippen molar-refractivity contribution in [2.24, 2.45) is 0 Å². The highest BCUT2D eigenvalue weighted by atomic mass is 35.5. The fraction of sp³-hybridized carbons (Fsp3) is 0.219. The van der Waals surface area contributed by atoms with E-state index in [2.05, 4.69) is 20.5 Å². The van der Waals surface area contributed by atoms with Crippen molar-refractivity contribution >= 4 is 50.1 Å². The van der Waals surface area contributed by atoms with E-state index in [1.165, 1.54) is 16.5 Å². The Morgan fingerprint density at radius 1 is 0.977 bits per heavy atom. The zero-order valence-corrected chi connectivity index (χ0v) is 25.1. The number of halogens is 1. The molecule has 43 heavy (non-hydrogen) atoms. The van der Waals surface area contributed by atoms with E-state index in [4.69, 9.17) is 16.6 Å². The third kappa shape index (κ3) is 6.27. The van der Waals surface area contributed by atoms with Crippen molar-refractivity contribution < 1.29 is 13.2 Å². The zero-order valence-electron chi connectivity index (χ0n) is 23.6. The molecule has 6 rings (SSSR count). The van der Waals surface area contributed by atoms with Crippen LogP contribution >= 0.6 is 11.6 Å². The van der Waals surface area contributed by atoms with Crippen molar-refractivity contribution in [1.82, 2.24) is 18.8 Å². The minimum Gasteiger partial charge on any atom is -0.351 e. The maximum Gasteiger partial charge on any atom is 0.268 e. The van der Waals surface area contributed by atoms with Gasteiger partial charge in [-0.1, -0.05) is 60.1 Å². The molecule has 0 aliphatic carbocycles. The van der Waals surface area contributed by atoms with Crippen LogP contribution in [0.25, 0.3) is 22.2 Å². The monoisotopic (exact) mass is 614 g/mol. The lowest BCUT2D eigenvalue weighted by molar-refractivity contribution is -0.114. The first-order valence-electron chi connectivity index (χ1n) is 14.1. The van der Waals surface area contributed by atoms with Crippen LogP contribution in [0.1, 0.15) is 25.3 Å². The third-order valence-electron chi connectivity index (χ3n) is 7.58. The van der Waals surface area contributed by atoms with E-state index in [1.807, 2.05) is 42.5 Å². The number of hydrogen-bond donors (Lipinski definition) is 2. The fourth-order valence-corrected chi connectivity index (χ4v) is 7.03. The summed E-state index contributed by atoms with van der Waals surface area (Å²) in [6.07, 6.45) is 4.98. The molecule has 5 aromatic rings. The summed E-state index contributed by atoms with van der Waals surface area (Å²) in [6.45, 7) is 4.16. The fourth-order valence-electron chi connectivity index (χ4n) is 5.44. The number of carbonyl (C=O) groups excluding carboxylic acids is 1. The second-order valence-corrected chi connectivity index (χ2v) is 12.9. The molecule has 220 valence electrons. The summed E-state index contributed by atoms with van der Waals surface area (Å²) in [5, 5.41) is 7.33. The minimum absolute atomic E-state index is 0.0816. The normalized spacial score (nSPS) is 14.6. The Kier molecular flexibility index (Phi) is 8.16. The maximum atomic E-state index is 13.6. The van der Waals surface area contributed by atoms with Gasteiger partial charge in [-0.3, -0.25) is 9.69 Å². The molecule has 1 fully saturated rings. The van der Waals surface area contributed by atoms with Gasteiger partial charge in [-0.15, -0.1) is 0 Å². The number of hydrogen-bond acceptors (Lipinski definition) is 7. The van der Waals surface area contributed by atoms with Crippen molar-refractivity contribution in [3.63, 3.8) is 0 Å². The molecule has 1 aliphatic heterocycles. The van der Waals surface area contributed by atoms with Gasteiger partial charge in [-0.25, -0.2) is 22.4 Å². The molecular formula is C32H31ClN6O3S. The average molecular weight is 615 g/mol. The van der Waals surface area contributed by atoms with E-state index in [0.717, 1.165) is 43.5 Å². The summed E-state index contributed by atoms with van der Waals surface area (Å²) < 4.78 is 28.4. The summed E-state index contributed by atoms with van der Waals surface area (Å²) in [7, 11) is -3.84. The number of carbonyl (C=O) groups is 1. The van der Waals surface area contributed by atoms with E-state index in [1.54, 1.807) is 48.8 Å². The zero-order chi connectivity index (χ0) is 30.0. The molecule has 3 aromatic carbocycles. The minimum atomic E-state index is -3.84. The van der Waals surface area contributed by atoms with Crippen molar-refractivity contribution in [1.29, 1.82) is 0 Å². The summed E-state index contributed by atoms with van der Waals surface area (Å²) >= 11 is 6.61. The van der Waals surface area contributed by atoms with Gasteiger partial charge in [0.15, 0.2) is 0 Å². The lowest BCUT2D eigenvalue weighted by Crippen LogP contribution is -2.39. The summed E-state index contributed by atoms with van der Waals surface area (Å²) in [6, 6.07) is 23.8. The topological polar surface area (TPSA) is 109 Å². The number of amides is 1. The van der Waals surface area contributed by atoms with Gasteiger partial charge in [0.25, 0.3) is 10.0 Å². The summed E-state index contributed by atoms with van der Waals surface area (Å²) in [5.74, 6) is 0.371. The average Bonchev–Trinajstić information content (AvgIpc) is 3.41. The Morgan fingerprint density at radius 2 is 1.67 bits per heavy atom. The quantitative estimate of drug-likeness (QED) is 0.220. The number of likely N-dealkylation sites (tertiary alicyclic amines) is 1. The van der Waals surface area contributed by atoms with Gasteiger partial charge in [-0.05, 0) is 48.7 Å².